The summed E-state index contributed by atoms with van der Waals surface area (Å²) in [5.74, 6) is -1.68. The molecule has 0 saturated carbocycles. The van der Waals surface area contributed by atoms with E-state index in [2.05, 4.69) is 15.6 Å². The van der Waals surface area contributed by atoms with Crippen molar-refractivity contribution in [2.75, 3.05) is 6.54 Å². The molecule has 0 aliphatic rings. The molecule has 0 saturated heterocycles. The predicted octanol–water partition coefficient (Wildman–Crippen LogP) is 0.685. The minimum atomic E-state index is -1.07. The van der Waals surface area contributed by atoms with Gasteiger partial charge in [0.05, 0.1) is 17.1 Å². The maximum atomic E-state index is 11.3. The first kappa shape index (κ1) is 15.1. The second-order valence-corrected chi connectivity index (χ2v) is 4.87. The van der Waals surface area contributed by atoms with Crippen molar-refractivity contribution in [1.82, 2.24) is 15.6 Å². The predicted molar refractivity (Wildman–Crippen MR) is 69.0 cm³/mol. The van der Waals surface area contributed by atoms with Crippen LogP contribution in [0.15, 0.2) is 5.38 Å². The number of thiazole rings is 1. The normalized spacial score (nSPS) is 9.95. The van der Waals surface area contributed by atoms with Gasteiger partial charge in [-0.2, -0.15) is 0 Å². The Balaban J connectivity index is 2.17. The molecule has 104 valence electrons. The Bertz CT molecular complexity index is 472. The van der Waals surface area contributed by atoms with E-state index in [4.69, 9.17) is 5.11 Å². The van der Waals surface area contributed by atoms with Crippen LogP contribution in [0.2, 0.25) is 0 Å². The summed E-state index contributed by atoms with van der Waals surface area (Å²) >= 11 is 1.53. The summed E-state index contributed by atoms with van der Waals surface area (Å²) in [7, 11) is 0. The molecule has 0 aliphatic heterocycles. The summed E-state index contributed by atoms with van der Waals surface area (Å²) < 4.78 is 0. The molecule has 0 aromatic carbocycles. The topological polar surface area (TPSA) is 108 Å². The number of rotatable bonds is 6. The van der Waals surface area contributed by atoms with Gasteiger partial charge in [-0.15, -0.1) is 11.3 Å². The smallest absolute Gasteiger partial charge is 0.321 e. The quantitative estimate of drug-likeness (QED) is 0.712. The molecule has 3 amide bonds. The highest BCUT2D eigenvalue weighted by molar-refractivity contribution is 7.09. The number of carboxylic acid groups (broad SMARTS) is 1. The fourth-order valence-electron chi connectivity index (χ4n) is 1.28. The minimum absolute atomic E-state index is 0.214. The van der Waals surface area contributed by atoms with E-state index in [9.17, 15) is 14.4 Å². The van der Waals surface area contributed by atoms with Crippen LogP contribution in [0.25, 0.3) is 0 Å². The van der Waals surface area contributed by atoms with Crippen molar-refractivity contribution >= 4 is 29.2 Å². The molecule has 0 radical (unpaired) electrons. The third-order valence-electron chi connectivity index (χ3n) is 2.15. The Morgan fingerprint density at radius 1 is 1.37 bits per heavy atom. The molecule has 0 aliphatic carbocycles. The summed E-state index contributed by atoms with van der Waals surface area (Å²) in [5, 5.41) is 15.8. The van der Waals surface area contributed by atoms with Crippen LogP contribution in [0.4, 0.5) is 4.79 Å². The average Bonchev–Trinajstić information content (AvgIpc) is 2.72. The van der Waals surface area contributed by atoms with Crippen molar-refractivity contribution in [1.29, 1.82) is 0 Å². The maximum Gasteiger partial charge on any atom is 0.321 e. The largest absolute Gasteiger partial charge is 0.481 e. The standard InChI is InChI=1S/C11H15N3O4S/c1-7-13-8(6-19-7)4-5-12-11(18)14-9(15)2-3-10(16)17/h6H,2-5H2,1H3,(H,16,17)(H2,12,14,15,18). The molecule has 19 heavy (non-hydrogen) atoms. The van der Waals surface area contributed by atoms with Gasteiger partial charge in [0.15, 0.2) is 0 Å². The van der Waals surface area contributed by atoms with Gasteiger partial charge in [0.25, 0.3) is 0 Å². The molecule has 7 nitrogen and oxygen atoms in total. The van der Waals surface area contributed by atoms with Gasteiger partial charge in [-0.1, -0.05) is 0 Å². The van der Waals surface area contributed by atoms with Crippen LogP contribution in [0, 0.1) is 6.92 Å². The summed E-state index contributed by atoms with van der Waals surface area (Å²) in [6.45, 7) is 2.26. The van der Waals surface area contributed by atoms with Crippen LogP contribution < -0.4 is 10.6 Å². The highest BCUT2D eigenvalue weighted by atomic mass is 32.1. The van der Waals surface area contributed by atoms with Crippen LogP contribution in [0.5, 0.6) is 0 Å². The third-order valence-corrected chi connectivity index (χ3v) is 2.97. The molecule has 0 unspecified atom stereocenters. The van der Waals surface area contributed by atoms with Crippen LogP contribution in [0.1, 0.15) is 23.5 Å². The van der Waals surface area contributed by atoms with Crippen LogP contribution >= 0.6 is 11.3 Å². The van der Waals surface area contributed by atoms with Gasteiger partial charge < -0.3 is 10.4 Å². The van der Waals surface area contributed by atoms with Gasteiger partial charge in [-0.05, 0) is 6.92 Å². The molecule has 0 spiro atoms. The fraction of sp³-hybridized carbons (Fsp3) is 0.455. The molecule has 8 heteroatoms. The molecule has 1 aromatic rings. The highest BCUT2D eigenvalue weighted by Gasteiger charge is 2.09. The van der Waals surface area contributed by atoms with E-state index in [0.717, 1.165) is 10.7 Å². The number of carbonyl (C=O) groups excluding carboxylic acids is 2. The fourth-order valence-corrected chi connectivity index (χ4v) is 1.93. The lowest BCUT2D eigenvalue weighted by molar-refractivity contribution is -0.138. The number of nitrogens with zero attached hydrogens (tertiary/aromatic N) is 1. The number of carboxylic acids is 1. The van der Waals surface area contributed by atoms with Gasteiger partial charge in [0.1, 0.15) is 0 Å². The number of hydrogen-bond acceptors (Lipinski definition) is 5. The van der Waals surface area contributed by atoms with E-state index in [1.165, 1.54) is 11.3 Å². The van der Waals surface area contributed by atoms with Crippen molar-refractivity contribution in [3.05, 3.63) is 16.1 Å². The molecular weight excluding hydrogens is 270 g/mol. The minimum Gasteiger partial charge on any atom is -0.481 e. The number of amides is 3. The SMILES string of the molecule is Cc1nc(CCNC(=O)NC(=O)CCC(=O)O)cs1. The Labute approximate surface area is 114 Å². The maximum absolute atomic E-state index is 11.3. The Hall–Kier alpha value is -1.96. The summed E-state index contributed by atoms with van der Waals surface area (Å²) in [5.41, 5.74) is 0.889. The van der Waals surface area contributed by atoms with Crippen molar-refractivity contribution in [2.24, 2.45) is 0 Å². The first-order chi connectivity index (χ1) is 8.97. The molecule has 1 rings (SSSR count). The first-order valence-electron chi connectivity index (χ1n) is 5.68. The van der Waals surface area contributed by atoms with Gasteiger partial charge in [0, 0.05) is 24.8 Å². The van der Waals surface area contributed by atoms with E-state index in [1.807, 2.05) is 12.3 Å². The highest BCUT2D eigenvalue weighted by Crippen LogP contribution is 2.07. The Kier molecular flexibility index (Phi) is 5.94. The summed E-state index contributed by atoms with van der Waals surface area (Å²) in [6, 6.07) is -0.623. The van der Waals surface area contributed by atoms with Gasteiger partial charge in [0.2, 0.25) is 5.91 Å². The van der Waals surface area contributed by atoms with Crippen molar-refractivity contribution in [3.8, 4) is 0 Å². The van der Waals surface area contributed by atoms with Crippen molar-refractivity contribution in [2.45, 2.75) is 26.2 Å². The van der Waals surface area contributed by atoms with E-state index in [-0.39, 0.29) is 12.8 Å². The lowest BCUT2D eigenvalue weighted by Crippen LogP contribution is -2.40. The second-order valence-electron chi connectivity index (χ2n) is 3.81. The Morgan fingerprint density at radius 3 is 2.68 bits per heavy atom. The molecule has 0 atom stereocenters. The van der Waals surface area contributed by atoms with E-state index in [1.54, 1.807) is 0 Å². The number of nitrogens with one attached hydrogen (secondary N) is 2. The van der Waals surface area contributed by atoms with Crippen LogP contribution in [-0.2, 0) is 16.0 Å². The molecule has 3 N–H and O–H groups in total. The number of imide groups is 1. The lowest BCUT2D eigenvalue weighted by Gasteiger charge is -2.05. The molecule has 1 heterocycles. The number of aryl methyl sites for hydroxylation is 1. The second kappa shape index (κ2) is 7.47. The van der Waals surface area contributed by atoms with Crippen molar-refractivity contribution in [3.63, 3.8) is 0 Å². The van der Waals surface area contributed by atoms with E-state index in [0.29, 0.717) is 13.0 Å². The third kappa shape index (κ3) is 6.51. The van der Waals surface area contributed by atoms with Gasteiger partial charge in [-0.25, -0.2) is 9.78 Å². The molecular formula is C11H15N3O4S. The number of aliphatic carboxylic acids is 1. The van der Waals surface area contributed by atoms with E-state index >= 15 is 0 Å². The first-order valence-corrected chi connectivity index (χ1v) is 6.56. The monoisotopic (exact) mass is 285 g/mol. The number of carbonyl (C=O) groups is 3. The van der Waals surface area contributed by atoms with Crippen LogP contribution in [0.3, 0.4) is 0 Å². The molecule has 1 aromatic heterocycles. The molecule has 0 fully saturated rings. The number of urea groups is 1. The number of hydrogen-bond donors (Lipinski definition) is 3. The van der Waals surface area contributed by atoms with E-state index < -0.39 is 17.9 Å². The average molecular weight is 285 g/mol. The van der Waals surface area contributed by atoms with Crippen molar-refractivity contribution < 1.29 is 19.5 Å². The summed E-state index contributed by atoms with van der Waals surface area (Å²) in [4.78, 5) is 36.9. The zero-order valence-electron chi connectivity index (χ0n) is 10.4. The van der Waals surface area contributed by atoms with Crippen LogP contribution in [-0.4, -0.2) is 34.5 Å². The molecule has 0 bridgehead atoms. The van der Waals surface area contributed by atoms with Gasteiger partial charge in [-0.3, -0.25) is 14.9 Å². The van der Waals surface area contributed by atoms with Gasteiger partial charge >= 0.3 is 12.0 Å². The zero-order valence-corrected chi connectivity index (χ0v) is 11.2. The lowest BCUT2D eigenvalue weighted by atomic mass is 10.3. The Morgan fingerprint density at radius 2 is 2.11 bits per heavy atom. The zero-order chi connectivity index (χ0) is 14.3. The number of aromatic nitrogens is 1. The summed E-state index contributed by atoms with van der Waals surface area (Å²) in [6.07, 6.45) is 0.0757.